The smallest absolute Gasteiger partial charge is 0.263 e. The second-order valence-electron chi connectivity index (χ2n) is 3.75. The quantitative estimate of drug-likeness (QED) is 0.739. The predicted octanol–water partition coefficient (Wildman–Crippen LogP) is 2.58. The number of halogens is 1. The molecule has 0 spiro atoms. The summed E-state index contributed by atoms with van der Waals surface area (Å²) in [5.41, 5.74) is 1.25. The molecular weight excluding hydrogens is 209 g/mol. The van der Waals surface area contributed by atoms with Gasteiger partial charge in [-0.25, -0.2) is 9.24 Å². The molecule has 3 nitrogen and oxygen atoms in total. The lowest BCUT2D eigenvalue weighted by molar-refractivity contribution is 0.278. The van der Waals surface area contributed by atoms with E-state index in [4.69, 9.17) is 11.3 Å². The first-order chi connectivity index (χ1) is 7.77. The van der Waals surface area contributed by atoms with Crippen molar-refractivity contribution in [1.82, 2.24) is 0 Å². The van der Waals surface area contributed by atoms with Crippen molar-refractivity contribution >= 4 is 5.69 Å². The number of benzene rings is 1. The van der Waals surface area contributed by atoms with E-state index in [0.717, 1.165) is 24.8 Å². The molecule has 1 aliphatic heterocycles. The fourth-order valence-corrected chi connectivity index (χ4v) is 1.96. The summed E-state index contributed by atoms with van der Waals surface area (Å²) in [6.07, 6.45) is 2.55. The molecule has 4 heteroatoms. The molecule has 1 aromatic rings. The number of rotatable bonds is 1. The monoisotopic (exact) mass is 221 g/mol. The Morgan fingerprint density at radius 1 is 1.50 bits per heavy atom. The van der Waals surface area contributed by atoms with E-state index in [1.165, 1.54) is 6.07 Å². The van der Waals surface area contributed by atoms with Crippen molar-refractivity contribution < 1.29 is 14.2 Å². The van der Waals surface area contributed by atoms with Crippen molar-refractivity contribution in [3.63, 3.8) is 0 Å². The number of hydrogen-bond donors (Lipinski definition) is 1. The van der Waals surface area contributed by atoms with E-state index in [-0.39, 0.29) is 12.3 Å². The average molecular weight is 221 g/mol. The van der Waals surface area contributed by atoms with Gasteiger partial charge in [-0.15, -0.1) is 0 Å². The molecule has 1 aliphatic rings. The zero-order valence-corrected chi connectivity index (χ0v) is 8.79. The zero-order valence-electron chi connectivity index (χ0n) is 8.79. The average Bonchev–Trinajstić information content (AvgIpc) is 2.53. The van der Waals surface area contributed by atoms with Crippen LogP contribution in [0.25, 0.3) is 4.85 Å². The van der Waals surface area contributed by atoms with E-state index >= 15 is 0 Å². The largest absolute Gasteiger partial charge is 0.504 e. The lowest BCUT2D eigenvalue weighted by atomic mass is 10.0. The Labute approximate surface area is 93.3 Å². The third-order valence-electron chi connectivity index (χ3n) is 2.75. The predicted molar refractivity (Wildman–Crippen MR) is 57.0 cm³/mol. The number of ether oxygens (including phenoxy) is 1. The van der Waals surface area contributed by atoms with Crippen LogP contribution in [-0.4, -0.2) is 11.7 Å². The van der Waals surface area contributed by atoms with Crippen LogP contribution in [0.2, 0.25) is 0 Å². The second kappa shape index (κ2) is 4.50. The molecule has 84 valence electrons. The van der Waals surface area contributed by atoms with Crippen LogP contribution in [0.3, 0.4) is 0 Å². The molecule has 0 aromatic heterocycles. The number of fused-ring (bicyclic) bond motifs is 1. The minimum absolute atomic E-state index is 0.0610. The van der Waals surface area contributed by atoms with Gasteiger partial charge in [-0.3, -0.25) is 0 Å². The molecule has 1 N–H and O–H groups in total. The Morgan fingerprint density at radius 3 is 3.00 bits per heavy atom. The number of aliphatic hydroxyl groups excluding tert-OH is 1. The van der Waals surface area contributed by atoms with Gasteiger partial charge < -0.3 is 9.84 Å². The van der Waals surface area contributed by atoms with E-state index in [1.54, 1.807) is 0 Å². The molecule has 0 amide bonds. The van der Waals surface area contributed by atoms with Gasteiger partial charge in [-0.1, -0.05) is 0 Å². The van der Waals surface area contributed by atoms with Gasteiger partial charge >= 0.3 is 0 Å². The van der Waals surface area contributed by atoms with Gasteiger partial charge in [0.1, 0.15) is 11.6 Å². The first kappa shape index (κ1) is 10.9. The Kier molecular flexibility index (Phi) is 3.07. The van der Waals surface area contributed by atoms with Crippen molar-refractivity contribution in [3.8, 4) is 5.75 Å². The van der Waals surface area contributed by atoms with E-state index in [1.807, 2.05) is 0 Å². The molecule has 0 unspecified atom stereocenters. The fraction of sp³-hybridized carbons (Fsp3) is 0.417. The van der Waals surface area contributed by atoms with Crippen molar-refractivity contribution in [2.24, 2.45) is 0 Å². The van der Waals surface area contributed by atoms with Gasteiger partial charge in [0.05, 0.1) is 19.8 Å². The number of aliphatic hydroxyl groups is 1. The summed E-state index contributed by atoms with van der Waals surface area (Å²) >= 11 is 0. The van der Waals surface area contributed by atoms with Gasteiger partial charge in [0, 0.05) is 0 Å². The maximum Gasteiger partial charge on any atom is 0.263 e. The van der Waals surface area contributed by atoms with Gasteiger partial charge in [-0.05, 0) is 36.5 Å². The topological polar surface area (TPSA) is 33.8 Å². The molecule has 0 radical (unpaired) electrons. The zero-order chi connectivity index (χ0) is 11.5. The van der Waals surface area contributed by atoms with Gasteiger partial charge in [0.2, 0.25) is 0 Å². The molecule has 16 heavy (non-hydrogen) atoms. The summed E-state index contributed by atoms with van der Waals surface area (Å²) in [6.45, 7) is 7.25. The van der Waals surface area contributed by atoms with E-state index in [2.05, 4.69) is 4.85 Å². The Balaban J connectivity index is 2.64. The van der Waals surface area contributed by atoms with Crippen molar-refractivity contribution in [3.05, 3.63) is 34.4 Å². The van der Waals surface area contributed by atoms with Crippen LogP contribution in [0.15, 0.2) is 6.07 Å². The molecule has 1 heterocycles. The summed E-state index contributed by atoms with van der Waals surface area (Å²) in [5.74, 6) is -0.281. The van der Waals surface area contributed by atoms with Crippen LogP contribution >= 0.6 is 0 Å². The molecule has 0 atom stereocenters. The number of hydrogen-bond acceptors (Lipinski definition) is 2. The van der Waals surface area contributed by atoms with Crippen molar-refractivity contribution in [2.45, 2.75) is 25.9 Å². The highest BCUT2D eigenvalue weighted by Crippen LogP contribution is 2.39. The Bertz CT molecular complexity index is 451. The normalized spacial score (nSPS) is 14.6. The highest BCUT2D eigenvalue weighted by molar-refractivity contribution is 5.64. The maximum absolute atomic E-state index is 13.6. The van der Waals surface area contributed by atoms with Crippen molar-refractivity contribution in [2.75, 3.05) is 6.61 Å². The van der Waals surface area contributed by atoms with Crippen LogP contribution in [-0.2, 0) is 13.0 Å². The lowest BCUT2D eigenvalue weighted by Gasteiger charge is -2.13. The first-order valence-corrected chi connectivity index (χ1v) is 5.23. The van der Waals surface area contributed by atoms with Crippen LogP contribution in [0.5, 0.6) is 5.75 Å². The van der Waals surface area contributed by atoms with Gasteiger partial charge in [0.25, 0.3) is 5.69 Å². The molecule has 0 bridgehead atoms. The highest BCUT2D eigenvalue weighted by Gasteiger charge is 2.21. The van der Waals surface area contributed by atoms with E-state index in [9.17, 15) is 9.50 Å². The Hall–Kier alpha value is -1.60. The third-order valence-corrected chi connectivity index (χ3v) is 2.75. The molecule has 0 saturated carbocycles. The third kappa shape index (κ3) is 1.74. The maximum atomic E-state index is 13.6. The van der Waals surface area contributed by atoms with Crippen LogP contribution in [0, 0.1) is 12.4 Å². The van der Waals surface area contributed by atoms with Gasteiger partial charge in [0.15, 0.2) is 0 Å². The van der Waals surface area contributed by atoms with E-state index in [0.29, 0.717) is 17.9 Å². The highest BCUT2D eigenvalue weighted by atomic mass is 19.1. The molecule has 2 rings (SSSR count). The summed E-state index contributed by atoms with van der Waals surface area (Å²) in [4.78, 5) is 3.17. The standard InChI is InChI=1S/C12H12FNO2/c1-14-11-10(13)6-8(7-15)9-4-2-3-5-16-12(9)11/h6,15H,2-5,7H2. The summed E-state index contributed by atoms with van der Waals surface area (Å²) < 4.78 is 19.0. The second-order valence-corrected chi connectivity index (χ2v) is 3.75. The minimum Gasteiger partial charge on any atom is -0.504 e. The van der Waals surface area contributed by atoms with Crippen LogP contribution in [0.4, 0.5) is 10.1 Å². The SMILES string of the molecule is [C-]#[N+]c1c(F)cc(CO)c2c1OCCCC2. The lowest BCUT2D eigenvalue weighted by Crippen LogP contribution is -2.00. The van der Waals surface area contributed by atoms with E-state index < -0.39 is 5.82 Å². The first-order valence-electron chi connectivity index (χ1n) is 5.23. The summed E-state index contributed by atoms with van der Waals surface area (Å²) in [5, 5.41) is 9.17. The van der Waals surface area contributed by atoms with Crippen LogP contribution in [0.1, 0.15) is 24.0 Å². The van der Waals surface area contributed by atoms with Crippen LogP contribution < -0.4 is 4.74 Å². The summed E-state index contributed by atoms with van der Waals surface area (Å²) in [6, 6.07) is 1.24. The number of nitrogens with zero attached hydrogens (tertiary/aromatic N) is 1. The Morgan fingerprint density at radius 2 is 2.31 bits per heavy atom. The molecule has 1 aromatic carbocycles. The summed E-state index contributed by atoms with van der Waals surface area (Å²) in [7, 11) is 0. The molecule has 0 fully saturated rings. The van der Waals surface area contributed by atoms with Crippen molar-refractivity contribution in [1.29, 1.82) is 0 Å². The molecule has 0 aliphatic carbocycles. The van der Waals surface area contributed by atoms with Gasteiger partial charge in [-0.2, -0.15) is 0 Å². The minimum atomic E-state index is -0.611. The molecule has 0 saturated heterocycles. The fourth-order valence-electron chi connectivity index (χ4n) is 1.96. The molecular formula is C12H12FNO2.